The number of amides is 1. The molecule has 8 heteroatoms. The number of aromatic nitrogens is 3. The summed E-state index contributed by atoms with van der Waals surface area (Å²) in [5, 5.41) is 0.623. The van der Waals surface area contributed by atoms with Gasteiger partial charge in [0.2, 0.25) is 5.91 Å². The Labute approximate surface area is 179 Å². The predicted octanol–water partition coefficient (Wildman–Crippen LogP) is 2.69. The lowest BCUT2D eigenvalue weighted by molar-refractivity contribution is -0.130. The fraction of sp³-hybridized carbons (Fsp3) is 0.273. The van der Waals surface area contributed by atoms with Crippen molar-refractivity contribution in [2.75, 3.05) is 31.1 Å². The number of aromatic amines is 1. The standard InChI is InChI=1S/C22H22ClN5O2/c1-15-12-20(29)26-22(25-15)17-6-7-19(24-14-17)27-8-10-28(11-9-27)21(30)13-16-4-2-3-5-18(16)23/h2-7,12,14H,8-11,13H2,1H3,(H,25,26,29). The van der Waals surface area contributed by atoms with Crippen LogP contribution in [-0.4, -0.2) is 51.9 Å². The molecule has 3 heterocycles. The summed E-state index contributed by atoms with van der Waals surface area (Å²) in [6, 6.07) is 12.7. The third kappa shape index (κ3) is 4.52. The Morgan fingerprint density at radius 1 is 1.13 bits per heavy atom. The maximum absolute atomic E-state index is 12.6. The number of nitrogens with one attached hydrogen (secondary N) is 1. The minimum Gasteiger partial charge on any atom is -0.353 e. The van der Waals surface area contributed by atoms with Crippen molar-refractivity contribution in [3.05, 3.63) is 75.3 Å². The molecule has 4 rings (SSSR count). The molecule has 0 bridgehead atoms. The molecule has 2 aromatic heterocycles. The van der Waals surface area contributed by atoms with Crippen molar-refractivity contribution in [2.45, 2.75) is 13.3 Å². The van der Waals surface area contributed by atoms with E-state index in [1.807, 2.05) is 35.2 Å². The first kappa shape index (κ1) is 20.1. The van der Waals surface area contributed by atoms with Gasteiger partial charge in [-0.15, -0.1) is 0 Å². The van der Waals surface area contributed by atoms with Crippen LogP contribution in [0.15, 0.2) is 53.5 Å². The summed E-state index contributed by atoms with van der Waals surface area (Å²) < 4.78 is 0. The molecule has 1 aliphatic heterocycles. The van der Waals surface area contributed by atoms with Gasteiger partial charge in [0.05, 0.1) is 6.42 Å². The van der Waals surface area contributed by atoms with E-state index < -0.39 is 0 Å². The van der Waals surface area contributed by atoms with Gasteiger partial charge in [0.15, 0.2) is 0 Å². The van der Waals surface area contributed by atoms with Gasteiger partial charge in [0.25, 0.3) is 5.56 Å². The van der Waals surface area contributed by atoms with Crippen molar-refractivity contribution < 1.29 is 4.79 Å². The normalized spacial score (nSPS) is 14.1. The minimum atomic E-state index is -0.181. The van der Waals surface area contributed by atoms with E-state index in [0.717, 1.165) is 16.9 Å². The molecule has 1 fully saturated rings. The van der Waals surface area contributed by atoms with Crippen LogP contribution in [0.1, 0.15) is 11.3 Å². The molecule has 7 nitrogen and oxygen atoms in total. The molecule has 1 N–H and O–H groups in total. The Bertz CT molecular complexity index is 1110. The molecule has 1 aliphatic rings. The number of hydrogen-bond acceptors (Lipinski definition) is 5. The predicted molar refractivity (Wildman–Crippen MR) is 117 cm³/mol. The molecule has 0 aliphatic carbocycles. The largest absolute Gasteiger partial charge is 0.353 e. The van der Waals surface area contributed by atoms with Gasteiger partial charge in [0, 0.05) is 54.7 Å². The molecule has 3 aromatic rings. The summed E-state index contributed by atoms with van der Waals surface area (Å²) in [6.07, 6.45) is 2.02. The Balaban J connectivity index is 1.37. The Kier molecular flexibility index (Phi) is 5.81. The number of anilines is 1. The quantitative estimate of drug-likeness (QED) is 0.697. The highest BCUT2D eigenvalue weighted by Gasteiger charge is 2.22. The van der Waals surface area contributed by atoms with Crippen molar-refractivity contribution in [3.63, 3.8) is 0 Å². The fourth-order valence-corrected chi connectivity index (χ4v) is 3.73. The lowest BCUT2D eigenvalue weighted by atomic mass is 10.1. The first-order valence-corrected chi connectivity index (χ1v) is 10.2. The smallest absolute Gasteiger partial charge is 0.251 e. The number of aryl methyl sites for hydroxylation is 1. The van der Waals surface area contributed by atoms with Crippen LogP contribution in [-0.2, 0) is 11.2 Å². The van der Waals surface area contributed by atoms with Gasteiger partial charge in [0.1, 0.15) is 11.6 Å². The zero-order valence-corrected chi connectivity index (χ0v) is 17.4. The zero-order chi connectivity index (χ0) is 21.1. The molecule has 0 radical (unpaired) electrons. The summed E-state index contributed by atoms with van der Waals surface area (Å²) in [4.78, 5) is 39.9. The number of benzene rings is 1. The zero-order valence-electron chi connectivity index (χ0n) is 16.6. The molecule has 1 saturated heterocycles. The second-order valence-corrected chi connectivity index (χ2v) is 7.68. The molecular formula is C22H22ClN5O2. The van der Waals surface area contributed by atoms with E-state index in [-0.39, 0.29) is 11.5 Å². The number of carbonyl (C=O) groups excluding carboxylic acids is 1. The van der Waals surface area contributed by atoms with Gasteiger partial charge in [-0.1, -0.05) is 29.8 Å². The summed E-state index contributed by atoms with van der Waals surface area (Å²) in [5.74, 6) is 1.43. The Morgan fingerprint density at radius 3 is 2.57 bits per heavy atom. The van der Waals surface area contributed by atoms with E-state index in [4.69, 9.17) is 11.6 Å². The van der Waals surface area contributed by atoms with Gasteiger partial charge in [-0.2, -0.15) is 0 Å². The fourth-order valence-electron chi connectivity index (χ4n) is 3.53. The SMILES string of the molecule is Cc1cc(=O)[nH]c(-c2ccc(N3CCN(C(=O)Cc4ccccc4Cl)CC3)nc2)n1. The van der Waals surface area contributed by atoms with Crippen LogP contribution < -0.4 is 10.5 Å². The summed E-state index contributed by atoms with van der Waals surface area (Å²) in [7, 11) is 0. The third-order valence-electron chi connectivity index (χ3n) is 5.15. The number of carbonyl (C=O) groups is 1. The number of nitrogens with zero attached hydrogens (tertiary/aromatic N) is 4. The van der Waals surface area contributed by atoms with E-state index >= 15 is 0 Å². The molecule has 30 heavy (non-hydrogen) atoms. The number of H-pyrrole nitrogens is 1. The van der Waals surface area contributed by atoms with Gasteiger partial charge < -0.3 is 14.8 Å². The van der Waals surface area contributed by atoms with Crippen molar-refractivity contribution >= 4 is 23.3 Å². The van der Waals surface area contributed by atoms with Gasteiger partial charge in [-0.05, 0) is 30.7 Å². The van der Waals surface area contributed by atoms with Crippen molar-refractivity contribution in [1.29, 1.82) is 0 Å². The number of piperazine rings is 1. The highest BCUT2D eigenvalue weighted by atomic mass is 35.5. The average Bonchev–Trinajstić information content (AvgIpc) is 2.75. The number of rotatable bonds is 4. The molecule has 0 atom stereocenters. The topological polar surface area (TPSA) is 82.2 Å². The maximum Gasteiger partial charge on any atom is 0.251 e. The first-order valence-electron chi connectivity index (χ1n) is 9.80. The highest BCUT2D eigenvalue weighted by molar-refractivity contribution is 6.31. The van der Waals surface area contributed by atoms with E-state index in [2.05, 4.69) is 19.9 Å². The maximum atomic E-state index is 12.6. The van der Waals surface area contributed by atoms with E-state index in [0.29, 0.717) is 49.1 Å². The second-order valence-electron chi connectivity index (χ2n) is 7.28. The van der Waals surface area contributed by atoms with Gasteiger partial charge in [-0.25, -0.2) is 9.97 Å². The average molecular weight is 424 g/mol. The van der Waals surface area contributed by atoms with Crippen LogP contribution in [0.25, 0.3) is 11.4 Å². The summed E-state index contributed by atoms with van der Waals surface area (Å²) >= 11 is 6.17. The van der Waals surface area contributed by atoms with E-state index in [1.54, 1.807) is 19.2 Å². The van der Waals surface area contributed by atoms with Crippen LogP contribution in [0.4, 0.5) is 5.82 Å². The van der Waals surface area contributed by atoms with Crippen molar-refractivity contribution in [3.8, 4) is 11.4 Å². The molecule has 1 amide bonds. The second kappa shape index (κ2) is 8.67. The van der Waals surface area contributed by atoms with E-state index in [1.165, 1.54) is 6.07 Å². The van der Waals surface area contributed by atoms with Gasteiger partial charge in [-0.3, -0.25) is 9.59 Å². The van der Waals surface area contributed by atoms with Crippen LogP contribution in [0.3, 0.4) is 0 Å². The summed E-state index contributed by atoms with van der Waals surface area (Å²) in [6.45, 7) is 4.48. The summed E-state index contributed by atoms with van der Waals surface area (Å²) in [5.41, 5.74) is 2.09. The van der Waals surface area contributed by atoms with E-state index in [9.17, 15) is 9.59 Å². The van der Waals surface area contributed by atoms with Crippen molar-refractivity contribution in [1.82, 2.24) is 19.9 Å². The Hall–Kier alpha value is -3.19. The van der Waals surface area contributed by atoms with Crippen LogP contribution >= 0.6 is 11.6 Å². The first-order chi connectivity index (χ1) is 14.5. The molecule has 1 aromatic carbocycles. The lowest BCUT2D eigenvalue weighted by Gasteiger charge is -2.35. The molecule has 0 unspecified atom stereocenters. The molecule has 0 saturated carbocycles. The van der Waals surface area contributed by atoms with Crippen LogP contribution in [0.2, 0.25) is 5.02 Å². The number of halogens is 1. The number of hydrogen-bond donors (Lipinski definition) is 1. The molecular weight excluding hydrogens is 402 g/mol. The minimum absolute atomic E-state index is 0.0838. The third-order valence-corrected chi connectivity index (χ3v) is 5.52. The monoisotopic (exact) mass is 423 g/mol. The van der Waals surface area contributed by atoms with Gasteiger partial charge >= 0.3 is 0 Å². The van der Waals surface area contributed by atoms with Crippen molar-refractivity contribution in [2.24, 2.45) is 0 Å². The molecule has 154 valence electrons. The highest BCUT2D eigenvalue weighted by Crippen LogP contribution is 2.20. The molecule has 0 spiro atoms. The number of pyridine rings is 1. The van der Waals surface area contributed by atoms with Crippen LogP contribution in [0.5, 0.6) is 0 Å². The lowest BCUT2D eigenvalue weighted by Crippen LogP contribution is -2.49. The Morgan fingerprint density at radius 2 is 1.90 bits per heavy atom. The van der Waals surface area contributed by atoms with Crippen LogP contribution in [0, 0.1) is 6.92 Å².